The molecule has 2 heterocycles. The van der Waals surface area contributed by atoms with E-state index in [1.165, 1.54) is 0 Å². The van der Waals surface area contributed by atoms with E-state index in [1.54, 1.807) is 0 Å². The summed E-state index contributed by atoms with van der Waals surface area (Å²) in [5.41, 5.74) is 8.47. The highest BCUT2D eigenvalue weighted by Gasteiger charge is 2.06. The smallest absolute Gasteiger partial charge is 0.160 e. The van der Waals surface area contributed by atoms with Gasteiger partial charge in [0.15, 0.2) is 5.65 Å². The largest absolute Gasteiger partial charge is 0.494 e. The molecule has 0 saturated heterocycles. The van der Waals surface area contributed by atoms with Gasteiger partial charge >= 0.3 is 0 Å². The molecule has 0 fully saturated rings. The molecule has 0 aliphatic rings. The van der Waals surface area contributed by atoms with Crippen LogP contribution in [0.25, 0.3) is 5.65 Å². The van der Waals surface area contributed by atoms with Gasteiger partial charge in [-0.3, -0.25) is 4.40 Å². The van der Waals surface area contributed by atoms with Gasteiger partial charge < -0.3 is 10.5 Å². The lowest BCUT2D eigenvalue weighted by Crippen LogP contribution is -1.98. The van der Waals surface area contributed by atoms with E-state index in [2.05, 4.69) is 10.2 Å². The van der Waals surface area contributed by atoms with Crippen molar-refractivity contribution in [2.24, 2.45) is 0 Å². The maximum absolute atomic E-state index is 5.81. The van der Waals surface area contributed by atoms with Gasteiger partial charge in [-0.05, 0) is 36.8 Å². The van der Waals surface area contributed by atoms with Crippen molar-refractivity contribution < 1.29 is 4.74 Å². The Labute approximate surface area is 117 Å². The van der Waals surface area contributed by atoms with Crippen LogP contribution in [0.4, 0.5) is 5.69 Å². The van der Waals surface area contributed by atoms with Crippen molar-refractivity contribution in [3.63, 3.8) is 0 Å². The molecule has 5 nitrogen and oxygen atoms in total. The Morgan fingerprint density at radius 1 is 1.10 bits per heavy atom. The maximum atomic E-state index is 5.81. The molecule has 0 aliphatic carbocycles. The fourth-order valence-electron chi connectivity index (χ4n) is 2.13. The molecule has 0 atom stereocenters. The van der Waals surface area contributed by atoms with Crippen LogP contribution in [0.5, 0.6) is 5.75 Å². The van der Waals surface area contributed by atoms with Crippen LogP contribution in [0, 0.1) is 0 Å². The summed E-state index contributed by atoms with van der Waals surface area (Å²) in [7, 11) is 0. The van der Waals surface area contributed by atoms with E-state index < -0.39 is 0 Å². The Bertz CT molecular complexity index is 718. The van der Waals surface area contributed by atoms with Crippen molar-refractivity contribution in [1.82, 2.24) is 14.6 Å². The SMILES string of the molecule is CCOc1ccc(Cc2nnc3ccc(N)cn23)cc1. The second-order valence-corrected chi connectivity index (χ2v) is 4.56. The lowest BCUT2D eigenvalue weighted by Gasteiger charge is -2.04. The maximum Gasteiger partial charge on any atom is 0.160 e. The average molecular weight is 268 g/mol. The topological polar surface area (TPSA) is 65.4 Å². The number of ether oxygens (including phenoxy) is 1. The molecule has 0 radical (unpaired) electrons. The molecule has 20 heavy (non-hydrogen) atoms. The molecule has 102 valence electrons. The van der Waals surface area contributed by atoms with Crippen molar-refractivity contribution >= 4 is 11.3 Å². The number of hydrogen-bond donors (Lipinski definition) is 1. The molecule has 2 aromatic heterocycles. The van der Waals surface area contributed by atoms with Crippen LogP contribution >= 0.6 is 0 Å². The highest BCUT2D eigenvalue weighted by molar-refractivity contribution is 5.47. The molecule has 3 rings (SSSR count). The van der Waals surface area contributed by atoms with Crippen LogP contribution in [0.2, 0.25) is 0 Å². The summed E-state index contributed by atoms with van der Waals surface area (Å²) in [5.74, 6) is 1.75. The Kier molecular flexibility index (Phi) is 3.25. The fraction of sp³-hybridized carbons (Fsp3) is 0.200. The van der Waals surface area contributed by atoms with Gasteiger partial charge in [-0.15, -0.1) is 10.2 Å². The van der Waals surface area contributed by atoms with Crippen LogP contribution in [-0.2, 0) is 6.42 Å². The van der Waals surface area contributed by atoms with Gasteiger partial charge in [0.1, 0.15) is 11.6 Å². The van der Waals surface area contributed by atoms with Crippen molar-refractivity contribution in [2.75, 3.05) is 12.3 Å². The van der Waals surface area contributed by atoms with Crippen LogP contribution in [-0.4, -0.2) is 21.2 Å². The number of nitrogen functional groups attached to an aromatic ring is 1. The van der Waals surface area contributed by atoms with Gasteiger partial charge in [-0.25, -0.2) is 0 Å². The summed E-state index contributed by atoms with van der Waals surface area (Å²) in [4.78, 5) is 0. The summed E-state index contributed by atoms with van der Waals surface area (Å²) in [6, 6.07) is 11.7. The number of benzene rings is 1. The van der Waals surface area contributed by atoms with Crippen LogP contribution in [0.3, 0.4) is 0 Å². The molecule has 0 bridgehead atoms. The molecular formula is C15H16N4O. The van der Waals surface area contributed by atoms with Crippen LogP contribution in [0.15, 0.2) is 42.6 Å². The van der Waals surface area contributed by atoms with Crippen LogP contribution < -0.4 is 10.5 Å². The van der Waals surface area contributed by atoms with E-state index in [9.17, 15) is 0 Å². The summed E-state index contributed by atoms with van der Waals surface area (Å²) in [6.45, 7) is 2.65. The van der Waals surface area contributed by atoms with E-state index >= 15 is 0 Å². The number of aromatic nitrogens is 3. The second-order valence-electron chi connectivity index (χ2n) is 4.56. The number of nitrogens with zero attached hydrogens (tertiary/aromatic N) is 3. The molecule has 0 amide bonds. The van der Waals surface area contributed by atoms with Gasteiger partial charge in [-0.2, -0.15) is 0 Å². The fourth-order valence-corrected chi connectivity index (χ4v) is 2.13. The van der Waals surface area contributed by atoms with Crippen LogP contribution in [0.1, 0.15) is 18.3 Å². The van der Waals surface area contributed by atoms with Gasteiger partial charge in [-0.1, -0.05) is 12.1 Å². The average Bonchev–Trinajstić information content (AvgIpc) is 2.84. The van der Waals surface area contributed by atoms with E-state index in [0.29, 0.717) is 18.7 Å². The normalized spacial score (nSPS) is 10.8. The van der Waals surface area contributed by atoms with Gasteiger partial charge in [0, 0.05) is 18.3 Å². The Morgan fingerprint density at radius 3 is 2.65 bits per heavy atom. The monoisotopic (exact) mass is 268 g/mol. The lowest BCUT2D eigenvalue weighted by molar-refractivity contribution is 0.340. The third kappa shape index (κ3) is 2.42. The van der Waals surface area contributed by atoms with E-state index in [1.807, 2.05) is 53.9 Å². The summed E-state index contributed by atoms with van der Waals surface area (Å²) < 4.78 is 7.35. The number of fused-ring (bicyclic) bond motifs is 1. The molecular weight excluding hydrogens is 252 g/mol. The third-order valence-corrected chi connectivity index (χ3v) is 3.09. The van der Waals surface area contributed by atoms with E-state index in [-0.39, 0.29) is 0 Å². The number of nitrogens with two attached hydrogens (primary N) is 1. The molecule has 1 aromatic carbocycles. The Balaban J connectivity index is 1.87. The van der Waals surface area contributed by atoms with Crippen molar-refractivity contribution in [1.29, 1.82) is 0 Å². The molecule has 0 saturated carbocycles. The second kappa shape index (κ2) is 5.21. The zero-order chi connectivity index (χ0) is 13.9. The van der Waals surface area contributed by atoms with E-state index in [0.717, 1.165) is 22.8 Å². The Hall–Kier alpha value is -2.56. The Morgan fingerprint density at radius 2 is 1.90 bits per heavy atom. The summed E-state index contributed by atoms with van der Waals surface area (Å²) in [5, 5.41) is 8.35. The number of hydrogen-bond acceptors (Lipinski definition) is 4. The highest BCUT2D eigenvalue weighted by atomic mass is 16.5. The summed E-state index contributed by atoms with van der Waals surface area (Å²) >= 11 is 0. The standard InChI is InChI=1S/C15H16N4O/c1-2-20-13-6-3-11(4-7-13)9-15-18-17-14-8-5-12(16)10-19(14)15/h3-8,10H,2,9,16H2,1H3. The van der Waals surface area contributed by atoms with Crippen molar-refractivity contribution in [3.8, 4) is 5.75 Å². The van der Waals surface area contributed by atoms with Crippen molar-refractivity contribution in [3.05, 3.63) is 54.0 Å². The lowest BCUT2D eigenvalue weighted by atomic mass is 10.1. The zero-order valence-electron chi connectivity index (χ0n) is 11.3. The first-order chi connectivity index (χ1) is 9.76. The number of pyridine rings is 1. The zero-order valence-corrected chi connectivity index (χ0v) is 11.3. The van der Waals surface area contributed by atoms with Gasteiger partial charge in [0.2, 0.25) is 0 Å². The highest BCUT2D eigenvalue weighted by Crippen LogP contribution is 2.16. The number of rotatable bonds is 4. The first kappa shape index (κ1) is 12.5. The predicted molar refractivity (Wildman–Crippen MR) is 77.8 cm³/mol. The number of anilines is 1. The molecule has 5 heteroatoms. The first-order valence-corrected chi connectivity index (χ1v) is 6.57. The van der Waals surface area contributed by atoms with Gasteiger partial charge in [0.25, 0.3) is 0 Å². The first-order valence-electron chi connectivity index (χ1n) is 6.57. The van der Waals surface area contributed by atoms with E-state index in [4.69, 9.17) is 10.5 Å². The molecule has 2 N–H and O–H groups in total. The van der Waals surface area contributed by atoms with Crippen molar-refractivity contribution in [2.45, 2.75) is 13.3 Å². The minimum Gasteiger partial charge on any atom is -0.494 e. The quantitative estimate of drug-likeness (QED) is 0.788. The minimum atomic E-state index is 0.674. The summed E-state index contributed by atoms with van der Waals surface area (Å²) in [6.07, 6.45) is 2.55. The molecule has 3 aromatic rings. The molecule has 0 aliphatic heterocycles. The minimum absolute atomic E-state index is 0.674. The molecule has 0 unspecified atom stereocenters. The third-order valence-electron chi connectivity index (χ3n) is 3.09. The molecule has 0 spiro atoms. The van der Waals surface area contributed by atoms with Gasteiger partial charge in [0.05, 0.1) is 6.61 Å². The predicted octanol–water partition coefficient (Wildman–Crippen LogP) is 2.30.